The molecule has 1 aliphatic rings. The van der Waals surface area contributed by atoms with Crippen LogP contribution in [0.1, 0.15) is 37.0 Å². The second kappa shape index (κ2) is 4.29. The van der Waals surface area contributed by atoms with Gasteiger partial charge in [0.15, 0.2) is 0 Å². The van der Waals surface area contributed by atoms with Crippen molar-refractivity contribution in [2.24, 2.45) is 0 Å². The van der Waals surface area contributed by atoms with Gasteiger partial charge in [0.1, 0.15) is 5.82 Å². The van der Waals surface area contributed by atoms with Crippen molar-refractivity contribution in [3.63, 3.8) is 0 Å². The molecule has 17 heavy (non-hydrogen) atoms. The van der Waals surface area contributed by atoms with Crippen LogP contribution in [-0.4, -0.2) is 27.9 Å². The molecule has 1 aromatic heterocycles. The minimum Gasteiger partial charge on any atom is -0.383 e. The molecule has 1 fully saturated rings. The lowest BCUT2D eigenvalue weighted by molar-refractivity contribution is 0.0652. The third-order valence-electron chi connectivity index (χ3n) is 3.26. The first-order valence-electron chi connectivity index (χ1n) is 5.65. The van der Waals surface area contributed by atoms with Crippen molar-refractivity contribution in [1.29, 1.82) is 0 Å². The molecular weight excluding hydrogens is 282 g/mol. The van der Waals surface area contributed by atoms with Crippen LogP contribution in [0.4, 0.5) is 5.82 Å². The van der Waals surface area contributed by atoms with Gasteiger partial charge < -0.3 is 10.6 Å². The number of carbonyl (C=O) groups is 1. The number of nitrogen functional groups attached to an aromatic ring is 1. The highest BCUT2D eigenvalue weighted by Crippen LogP contribution is 2.31. The summed E-state index contributed by atoms with van der Waals surface area (Å²) in [6.45, 7) is 4.96. The summed E-state index contributed by atoms with van der Waals surface area (Å²) < 4.78 is 0.770. The lowest BCUT2D eigenvalue weighted by Gasteiger charge is -2.31. The van der Waals surface area contributed by atoms with E-state index < -0.39 is 0 Å². The van der Waals surface area contributed by atoms with Gasteiger partial charge in [-0.25, -0.2) is 4.98 Å². The summed E-state index contributed by atoms with van der Waals surface area (Å²) in [6.07, 6.45) is 3.67. The summed E-state index contributed by atoms with van der Waals surface area (Å²) in [6, 6.07) is 1.74. The Morgan fingerprint density at radius 1 is 1.59 bits per heavy atom. The molecule has 2 heterocycles. The summed E-state index contributed by atoms with van der Waals surface area (Å²) in [7, 11) is 0. The van der Waals surface area contributed by atoms with E-state index in [2.05, 4.69) is 34.8 Å². The molecule has 0 saturated carbocycles. The summed E-state index contributed by atoms with van der Waals surface area (Å²) >= 11 is 3.31. The van der Waals surface area contributed by atoms with Crippen molar-refractivity contribution in [2.75, 3.05) is 12.3 Å². The molecule has 0 spiro atoms. The van der Waals surface area contributed by atoms with Gasteiger partial charge >= 0.3 is 0 Å². The highest BCUT2D eigenvalue weighted by atomic mass is 79.9. The molecule has 2 N–H and O–H groups in total. The zero-order chi connectivity index (χ0) is 12.6. The fourth-order valence-corrected chi connectivity index (χ4v) is 2.58. The third-order valence-corrected chi connectivity index (χ3v) is 3.70. The average molecular weight is 298 g/mol. The lowest BCUT2D eigenvalue weighted by atomic mass is 10.0. The largest absolute Gasteiger partial charge is 0.383 e. The van der Waals surface area contributed by atoms with Crippen LogP contribution in [0.15, 0.2) is 16.7 Å². The van der Waals surface area contributed by atoms with Crippen molar-refractivity contribution >= 4 is 27.7 Å². The van der Waals surface area contributed by atoms with Crippen molar-refractivity contribution in [3.8, 4) is 0 Å². The van der Waals surface area contributed by atoms with E-state index in [1.54, 1.807) is 12.3 Å². The molecule has 4 nitrogen and oxygen atoms in total. The zero-order valence-corrected chi connectivity index (χ0v) is 11.6. The predicted molar refractivity (Wildman–Crippen MR) is 70.7 cm³/mol. The molecule has 2 rings (SSSR count). The number of rotatable bonds is 1. The molecule has 0 bridgehead atoms. The van der Waals surface area contributed by atoms with Crippen LogP contribution in [0.2, 0.25) is 0 Å². The normalized spacial score (nSPS) is 18.4. The number of likely N-dealkylation sites (tertiary alicyclic amines) is 1. The fraction of sp³-hybridized carbons (Fsp3) is 0.500. The van der Waals surface area contributed by atoms with Crippen LogP contribution in [0, 0.1) is 0 Å². The van der Waals surface area contributed by atoms with Crippen molar-refractivity contribution < 1.29 is 4.79 Å². The number of aromatic nitrogens is 1. The molecule has 0 atom stereocenters. The summed E-state index contributed by atoms with van der Waals surface area (Å²) in [5.74, 6) is 0.264. The molecule has 0 unspecified atom stereocenters. The third kappa shape index (κ3) is 2.29. The highest BCUT2D eigenvalue weighted by molar-refractivity contribution is 9.10. The van der Waals surface area contributed by atoms with Gasteiger partial charge in [0.05, 0.1) is 5.56 Å². The number of pyridine rings is 1. The minimum atomic E-state index is -0.0914. The molecule has 92 valence electrons. The molecule has 0 radical (unpaired) electrons. The Morgan fingerprint density at radius 2 is 2.29 bits per heavy atom. The van der Waals surface area contributed by atoms with E-state index in [-0.39, 0.29) is 11.4 Å². The van der Waals surface area contributed by atoms with Gasteiger partial charge in [-0.05, 0) is 48.7 Å². The molecule has 1 amide bonds. The Hall–Kier alpha value is -1.10. The summed E-state index contributed by atoms with van der Waals surface area (Å²) in [4.78, 5) is 18.3. The number of carbonyl (C=O) groups excluding carboxylic acids is 1. The van der Waals surface area contributed by atoms with Gasteiger partial charge in [0.25, 0.3) is 5.91 Å². The summed E-state index contributed by atoms with van der Waals surface area (Å²) in [5, 5.41) is 0. The SMILES string of the molecule is CC1(C)CCCN1C(=O)c1cc(Br)cnc1N. The Kier molecular flexibility index (Phi) is 3.12. The van der Waals surface area contributed by atoms with E-state index in [9.17, 15) is 4.79 Å². The Morgan fingerprint density at radius 3 is 2.88 bits per heavy atom. The molecular formula is C12H16BrN3O. The number of hydrogen-bond acceptors (Lipinski definition) is 3. The maximum absolute atomic E-state index is 12.4. The quantitative estimate of drug-likeness (QED) is 0.866. The number of hydrogen-bond donors (Lipinski definition) is 1. The summed E-state index contributed by atoms with van der Waals surface area (Å²) in [5.41, 5.74) is 6.16. The topological polar surface area (TPSA) is 59.2 Å². The van der Waals surface area contributed by atoms with Gasteiger partial charge in [0, 0.05) is 22.8 Å². The second-order valence-corrected chi connectivity index (χ2v) is 5.87. The molecule has 0 aliphatic carbocycles. The Labute approximate surface area is 109 Å². The zero-order valence-electron chi connectivity index (χ0n) is 10.0. The van der Waals surface area contributed by atoms with Gasteiger partial charge in [-0.1, -0.05) is 0 Å². The maximum Gasteiger partial charge on any atom is 0.258 e. The molecule has 1 saturated heterocycles. The van der Waals surface area contributed by atoms with Crippen LogP contribution >= 0.6 is 15.9 Å². The first kappa shape index (κ1) is 12.4. The predicted octanol–water partition coefficient (Wildman–Crippen LogP) is 2.44. The van der Waals surface area contributed by atoms with Crippen LogP contribution < -0.4 is 5.73 Å². The van der Waals surface area contributed by atoms with Crippen LogP contribution in [0.3, 0.4) is 0 Å². The molecule has 5 heteroatoms. The average Bonchev–Trinajstić information content (AvgIpc) is 2.61. The van der Waals surface area contributed by atoms with Crippen LogP contribution in [0.5, 0.6) is 0 Å². The second-order valence-electron chi connectivity index (χ2n) is 4.96. The monoisotopic (exact) mass is 297 g/mol. The number of amides is 1. The van der Waals surface area contributed by atoms with E-state index in [1.165, 1.54) is 0 Å². The molecule has 1 aromatic rings. The van der Waals surface area contributed by atoms with Gasteiger partial charge in [-0.15, -0.1) is 0 Å². The minimum absolute atomic E-state index is 0.0289. The number of nitrogens with zero attached hydrogens (tertiary/aromatic N) is 2. The number of nitrogens with two attached hydrogens (primary N) is 1. The van der Waals surface area contributed by atoms with E-state index in [1.807, 2.05) is 4.90 Å². The van der Waals surface area contributed by atoms with Crippen molar-refractivity contribution in [2.45, 2.75) is 32.2 Å². The van der Waals surface area contributed by atoms with Gasteiger partial charge in [-0.3, -0.25) is 4.79 Å². The van der Waals surface area contributed by atoms with E-state index in [0.717, 1.165) is 23.9 Å². The van der Waals surface area contributed by atoms with E-state index in [4.69, 9.17) is 5.73 Å². The first-order chi connectivity index (χ1) is 7.92. The maximum atomic E-state index is 12.4. The Balaban J connectivity index is 2.34. The van der Waals surface area contributed by atoms with Crippen molar-refractivity contribution in [3.05, 3.63) is 22.3 Å². The lowest BCUT2D eigenvalue weighted by Crippen LogP contribution is -2.42. The number of halogens is 1. The van der Waals surface area contributed by atoms with Gasteiger partial charge in [-0.2, -0.15) is 0 Å². The molecule has 0 aromatic carbocycles. The fourth-order valence-electron chi connectivity index (χ4n) is 2.25. The van der Waals surface area contributed by atoms with E-state index in [0.29, 0.717) is 11.4 Å². The van der Waals surface area contributed by atoms with Crippen molar-refractivity contribution in [1.82, 2.24) is 9.88 Å². The number of anilines is 1. The molecule has 1 aliphatic heterocycles. The van der Waals surface area contributed by atoms with E-state index >= 15 is 0 Å². The standard InChI is InChI=1S/C12H16BrN3O/c1-12(2)4-3-5-16(12)11(17)9-6-8(13)7-15-10(9)14/h6-7H,3-5H2,1-2H3,(H2,14,15). The highest BCUT2D eigenvalue weighted by Gasteiger charge is 2.36. The van der Waals surface area contributed by atoms with Crippen LogP contribution in [0.25, 0.3) is 0 Å². The Bertz CT molecular complexity index is 459. The van der Waals surface area contributed by atoms with Gasteiger partial charge in [0.2, 0.25) is 0 Å². The smallest absolute Gasteiger partial charge is 0.258 e. The first-order valence-corrected chi connectivity index (χ1v) is 6.44. The van der Waals surface area contributed by atoms with Crippen LogP contribution in [-0.2, 0) is 0 Å².